The van der Waals surface area contributed by atoms with Gasteiger partial charge in [-0.2, -0.15) is 0 Å². The molecule has 38 heavy (non-hydrogen) atoms. The molecule has 1 aliphatic carbocycles. The Morgan fingerprint density at radius 1 is 0.947 bits per heavy atom. The van der Waals surface area contributed by atoms with Gasteiger partial charge in [0.05, 0.1) is 30.8 Å². The molecule has 1 aromatic heterocycles. The molecule has 13 heteroatoms. The number of benzene rings is 1. The highest BCUT2D eigenvalue weighted by Crippen LogP contribution is 2.54. The average Bonchev–Trinajstić information content (AvgIpc) is 3.59. The van der Waals surface area contributed by atoms with Crippen molar-refractivity contribution in [2.45, 2.75) is 50.9 Å². The summed E-state index contributed by atoms with van der Waals surface area (Å²) < 4.78 is 56.8. The summed E-state index contributed by atoms with van der Waals surface area (Å²) in [6.07, 6.45) is 2.97. The fourth-order valence-electron chi connectivity index (χ4n) is 5.24. The molecule has 1 aromatic carbocycles. The Hall–Kier alpha value is -2.55. The molecule has 2 N–H and O–H groups in total. The van der Waals surface area contributed by atoms with Crippen molar-refractivity contribution in [1.29, 1.82) is 0 Å². The standard InChI is InChI=1S/C25H27F4IN6O2/c1-15-10-18(33-22(32-15)35-13-24(26,27)12-25(28,29)14-35)21(38)36(31)20(37)17-3-2-16(30)11-19(17)34-8-6-23(4-5-23)7-9-34/h2-3,10-11H,4-9,12-14,31H2,1H3. The summed E-state index contributed by atoms with van der Waals surface area (Å²) in [4.78, 5) is 37.3. The lowest BCUT2D eigenvalue weighted by molar-refractivity contribution is -0.122. The normalized spacial score (nSPS) is 21.3. The highest BCUT2D eigenvalue weighted by Gasteiger charge is 2.51. The Bertz CT molecular complexity index is 1260. The van der Waals surface area contributed by atoms with Crippen molar-refractivity contribution in [1.82, 2.24) is 15.0 Å². The molecular weight excluding hydrogens is 619 g/mol. The molecule has 3 fully saturated rings. The minimum absolute atomic E-state index is 0.175. The number of aryl methyl sites for hydroxylation is 1. The first-order valence-electron chi connectivity index (χ1n) is 12.3. The van der Waals surface area contributed by atoms with Gasteiger partial charge in [0.15, 0.2) is 0 Å². The van der Waals surface area contributed by atoms with Crippen molar-refractivity contribution in [3.63, 3.8) is 0 Å². The first-order chi connectivity index (χ1) is 17.8. The van der Waals surface area contributed by atoms with Gasteiger partial charge < -0.3 is 9.80 Å². The predicted molar refractivity (Wildman–Crippen MR) is 140 cm³/mol. The monoisotopic (exact) mass is 646 g/mol. The molecule has 2 amide bonds. The van der Waals surface area contributed by atoms with E-state index in [0.29, 0.717) is 21.0 Å². The summed E-state index contributed by atoms with van der Waals surface area (Å²) in [5.74, 6) is -3.56. The van der Waals surface area contributed by atoms with Crippen LogP contribution in [0, 0.1) is 15.9 Å². The van der Waals surface area contributed by atoms with E-state index in [2.05, 4.69) is 37.5 Å². The second-order valence-corrected chi connectivity index (χ2v) is 11.8. The van der Waals surface area contributed by atoms with Gasteiger partial charge in [-0.3, -0.25) is 9.59 Å². The number of anilines is 2. The molecule has 0 atom stereocenters. The lowest BCUT2D eigenvalue weighted by atomic mass is 9.93. The van der Waals surface area contributed by atoms with Gasteiger partial charge in [0, 0.05) is 22.4 Å². The van der Waals surface area contributed by atoms with Gasteiger partial charge in [0.25, 0.3) is 23.7 Å². The number of hydrazine groups is 1. The fraction of sp³-hybridized carbons (Fsp3) is 0.520. The molecule has 1 saturated carbocycles. The number of carbonyl (C=O) groups is 2. The highest BCUT2D eigenvalue weighted by atomic mass is 127. The van der Waals surface area contributed by atoms with Crippen molar-refractivity contribution in [2.24, 2.45) is 11.3 Å². The zero-order chi connectivity index (χ0) is 27.5. The average molecular weight is 646 g/mol. The first-order valence-corrected chi connectivity index (χ1v) is 13.4. The molecule has 2 aliphatic heterocycles. The van der Waals surface area contributed by atoms with E-state index in [1.807, 2.05) is 6.07 Å². The molecule has 1 spiro atoms. The first kappa shape index (κ1) is 27.0. The summed E-state index contributed by atoms with van der Waals surface area (Å²) >= 11 is 2.16. The molecule has 5 rings (SSSR count). The maximum absolute atomic E-state index is 14.0. The van der Waals surface area contributed by atoms with Crippen LogP contribution in [-0.2, 0) is 0 Å². The molecule has 0 radical (unpaired) electrons. The second-order valence-electron chi connectivity index (χ2n) is 10.6. The smallest absolute Gasteiger partial charge is 0.293 e. The third-order valence-corrected chi connectivity index (χ3v) is 8.13. The van der Waals surface area contributed by atoms with E-state index in [4.69, 9.17) is 5.84 Å². The van der Waals surface area contributed by atoms with Gasteiger partial charge in [-0.15, -0.1) is 0 Å². The van der Waals surface area contributed by atoms with Crippen molar-refractivity contribution in [3.05, 3.63) is 44.8 Å². The molecule has 8 nitrogen and oxygen atoms in total. The number of nitrogens with zero attached hydrogens (tertiary/aromatic N) is 5. The second kappa shape index (κ2) is 9.57. The third-order valence-electron chi connectivity index (χ3n) is 7.46. The van der Waals surface area contributed by atoms with Crippen LogP contribution in [0.1, 0.15) is 58.6 Å². The van der Waals surface area contributed by atoms with Crippen LogP contribution in [0.2, 0.25) is 0 Å². The minimum atomic E-state index is -3.66. The van der Waals surface area contributed by atoms with E-state index in [9.17, 15) is 27.2 Å². The molecule has 0 unspecified atom stereocenters. The fourth-order valence-corrected chi connectivity index (χ4v) is 5.72. The van der Waals surface area contributed by atoms with Crippen LogP contribution in [0.15, 0.2) is 24.3 Å². The lowest BCUT2D eigenvalue weighted by Gasteiger charge is -2.37. The van der Waals surface area contributed by atoms with E-state index in [-0.39, 0.29) is 17.0 Å². The van der Waals surface area contributed by atoms with E-state index in [1.165, 1.54) is 25.8 Å². The number of imide groups is 1. The number of hydrogen-bond donors (Lipinski definition) is 1. The Balaban J connectivity index is 1.39. The van der Waals surface area contributed by atoms with E-state index < -0.39 is 49.1 Å². The quantitative estimate of drug-likeness (QED) is 0.131. The van der Waals surface area contributed by atoms with Gasteiger partial charge in [0.2, 0.25) is 5.95 Å². The van der Waals surface area contributed by atoms with Crippen molar-refractivity contribution < 1.29 is 27.2 Å². The number of aromatic nitrogens is 2. The van der Waals surface area contributed by atoms with Gasteiger partial charge in [0.1, 0.15) is 5.69 Å². The Kier molecular flexibility index (Phi) is 6.81. The number of carbonyl (C=O) groups excluding carboxylic acids is 2. The Morgan fingerprint density at radius 3 is 2.18 bits per heavy atom. The van der Waals surface area contributed by atoms with Crippen LogP contribution >= 0.6 is 22.6 Å². The molecule has 3 heterocycles. The van der Waals surface area contributed by atoms with Gasteiger partial charge in [-0.05, 0) is 84.9 Å². The van der Waals surface area contributed by atoms with Crippen LogP contribution in [0.5, 0.6) is 0 Å². The minimum Gasteiger partial charge on any atom is -0.371 e. The number of hydrogen-bond acceptors (Lipinski definition) is 7. The van der Waals surface area contributed by atoms with Gasteiger partial charge in [-0.1, -0.05) is 0 Å². The van der Waals surface area contributed by atoms with Crippen molar-refractivity contribution in [2.75, 3.05) is 36.0 Å². The summed E-state index contributed by atoms with van der Waals surface area (Å²) in [5.41, 5.74) is 1.17. The predicted octanol–water partition coefficient (Wildman–Crippen LogP) is 4.41. The molecule has 2 aromatic rings. The summed E-state index contributed by atoms with van der Waals surface area (Å²) in [6, 6.07) is 6.46. The molecule has 2 saturated heterocycles. The molecule has 3 aliphatic rings. The van der Waals surface area contributed by atoms with E-state index in [0.717, 1.165) is 29.5 Å². The Labute approximate surface area is 230 Å². The maximum atomic E-state index is 14.0. The number of amides is 2. The zero-order valence-electron chi connectivity index (χ0n) is 20.7. The molecule has 204 valence electrons. The van der Waals surface area contributed by atoms with Crippen LogP contribution in [0.3, 0.4) is 0 Å². The van der Waals surface area contributed by atoms with Crippen LogP contribution < -0.4 is 15.6 Å². The van der Waals surface area contributed by atoms with Crippen LogP contribution in [0.25, 0.3) is 0 Å². The third kappa shape index (κ3) is 5.58. The summed E-state index contributed by atoms with van der Waals surface area (Å²) in [5, 5.41) is 0.420. The summed E-state index contributed by atoms with van der Waals surface area (Å²) in [7, 11) is 0. The topological polar surface area (TPSA) is 95.7 Å². The van der Waals surface area contributed by atoms with Gasteiger partial charge >= 0.3 is 0 Å². The SMILES string of the molecule is Cc1cc(C(=O)N(N)C(=O)c2ccc(I)cc2N2CCC3(CC2)CC3)nc(N2CC(F)(F)CC(F)(F)C2)n1. The maximum Gasteiger partial charge on any atom is 0.293 e. The number of halogens is 5. The number of alkyl halides is 4. The zero-order valence-corrected chi connectivity index (χ0v) is 22.9. The van der Waals surface area contributed by atoms with Crippen LogP contribution in [0.4, 0.5) is 29.2 Å². The van der Waals surface area contributed by atoms with E-state index in [1.54, 1.807) is 12.1 Å². The van der Waals surface area contributed by atoms with E-state index >= 15 is 0 Å². The van der Waals surface area contributed by atoms with Crippen molar-refractivity contribution >= 4 is 46.0 Å². The largest absolute Gasteiger partial charge is 0.371 e. The number of rotatable bonds is 4. The lowest BCUT2D eigenvalue weighted by Crippen LogP contribution is -2.53. The van der Waals surface area contributed by atoms with Crippen LogP contribution in [-0.4, -0.2) is 64.8 Å². The van der Waals surface area contributed by atoms with Gasteiger partial charge in [-0.25, -0.2) is 38.4 Å². The number of piperidine rings is 2. The Morgan fingerprint density at radius 2 is 1.58 bits per heavy atom. The highest BCUT2D eigenvalue weighted by molar-refractivity contribution is 14.1. The summed E-state index contributed by atoms with van der Waals surface area (Å²) in [6.45, 7) is 1.00. The van der Waals surface area contributed by atoms with Crippen molar-refractivity contribution in [3.8, 4) is 0 Å². The number of nitrogens with two attached hydrogens (primary N) is 1. The molecule has 0 bridgehead atoms. The molecular formula is C25H27F4IN6O2.